The quantitative estimate of drug-likeness (QED) is 0.859. The molecular formula is C14H19ClN2O. The average Bonchev–Trinajstić information content (AvgIpc) is 2.87. The first-order valence-corrected chi connectivity index (χ1v) is 6.83. The van der Waals surface area contributed by atoms with E-state index in [9.17, 15) is 4.79 Å². The first-order chi connectivity index (χ1) is 8.74. The molecule has 0 aliphatic carbocycles. The third-order valence-electron chi connectivity index (χ3n) is 3.32. The van der Waals surface area contributed by atoms with Gasteiger partial charge in [0, 0.05) is 18.0 Å². The van der Waals surface area contributed by atoms with E-state index in [4.69, 9.17) is 11.6 Å². The summed E-state index contributed by atoms with van der Waals surface area (Å²) in [6.07, 6.45) is 2.79. The van der Waals surface area contributed by atoms with Crippen LogP contribution in [0.5, 0.6) is 0 Å². The van der Waals surface area contributed by atoms with Crippen LogP contribution in [0.2, 0.25) is 5.02 Å². The van der Waals surface area contributed by atoms with E-state index in [2.05, 4.69) is 10.6 Å². The highest BCUT2D eigenvalue weighted by molar-refractivity contribution is 6.30. The maximum absolute atomic E-state index is 11.7. The predicted octanol–water partition coefficient (Wildman–Crippen LogP) is 2.35. The van der Waals surface area contributed by atoms with Crippen molar-refractivity contribution in [1.29, 1.82) is 0 Å². The zero-order chi connectivity index (χ0) is 12.8. The van der Waals surface area contributed by atoms with Gasteiger partial charge in [0.05, 0.1) is 0 Å². The third-order valence-corrected chi connectivity index (χ3v) is 3.56. The van der Waals surface area contributed by atoms with Crippen LogP contribution in [0.4, 0.5) is 0 Å². The Balaban J connectivity index is 1.68. The smallest absolute Gasteiger partial charge is 0.220 e. The van der Waals surface area contributed by atoms with Crippen LogP contribution in [0.15, 0.2) is 24.3 Å². The molecule has 0 saturated carbocycles. The van der Waals surface area contributed by atoms with E-state index in [1.807, 2.05) is 24.3 Å². The Bertz CT molecular complexity index is 403. The fourth-order valence-corrected chi connectivity index (χ4v) is 2.44. The SMILES string of the molecule is O=C(CCC1CCNC1)NCc1cccc(Cl)c1. The Hall–Kier alpha value is -1.06. The van der Waals surface area contributed by atoms with Crippen LogP contribution in [0.3, 0.4) is 0 Å². The molecule has 1 unspecified atom stereocenters. The molecule has 98 valence electrons. The second kappa shape index (κ2) is 6.76. The molecule has 1 heterocycles. The molecule has 3 nitrogen and oxygen atoms in total. The van der Waals surface area contributed by atoms with Crippen molar-refractivity contribution < 1.29 is 4.79 Å². The fraction of sp³-hybridized carbons (Fsp3) is 0.500. The Labute approximate surface area is 113 Å². The van der Waals surface area contributed by atoms with E-state index >= 15 is 0 Å². The number of carbonyl (C=O) groups excluding carboxylic acids is 1. The number of carbonyl (C=O) groups is 1. The summed E-state index contributed by atoms with van der Waals surface area (Å²) in [5, 5.41) is 6.95. The van der Waals surface area contributed by atoms with Gasteiger partial charge in [-0.25, -0.2) is 0 Å². The van der Waals surface area contributed by atoms with Gasteiger partial charge in [-0.2, -0.15) is 0 Å². The second-order valence-electron chi connectivity index (χ2n) is 4.80. The van der Waals surface area contributed by atoms with Gasteiger partial charge in [-0.1, -0.05) is 23.7 Å². The molecule has 0 aromatic heterocycles. The van der Waals surface area contributed by atoms with E-state index in [0.717, 1.165) is 25.1 Å². The minimum atomic E-state index is 0.127. The van der Waals surface area contributed by atoms with Crippen LogP contribution in [-0.2, 0) is 11.3 Å². The van der Waals surface area contributed by atoms with E-state index in [1.165, 1.54) is 6.42 Å². The number of hydrogen-bond donors (Lipinski definition) is 2. The van der Waals surface area contributed by atoms with Crippen molar-refractivity contribution in [2.45, 2.75) is 25.8 Å². The van der Waals surface area contributed by atoms with Gasteiger partial charge in [-0.3, -0.25) is 4.79 Å². The molecule has 0 spiro atoms. The number of nitrogens with one attached hydrogen (secondary N) is 2. The molecule has 1 aliphatic heterocycles. The van der Waals surface area contributed by atoms with Crippen LogP contribution < -0.4 is 10.6 Å². The molecule has 1 aromatic rings. The third kappa shape index (κ3) is 4.31. The van der Waals surface area contributed by atoms with Gasteiger partial charge in [0.15, 0.2) is 0 Å². The monoisotopic (exact) mass is 266 g/mol. The van der Waals surface area contributed by atoms with Gasteiger partial charge < -0.3 is 10.6 Å². The molecule has 2 N–H and O–H groups in total. The lowest BCUT2D eigenvalue weighted by molar-refractivity contribution is -0.121. The zero-order valence-corrected chi connectivity index (χ0v) is 11.2. The number of rotatable bonds is 5. The van der Waals surface area contributed by atoms with Crippen molar-refractivity contribution in [3.8, 4) is 0 Å². The molecule has 0 bridgehead atoms. The van der Waals surface area contributed by atoms with Gasteiger partial charge in [0.2, 0.25) is 5.91 Å². The standard InChI is InChI=1S/C14H19ClN2O/c15-13-3-1-2-12(8-13)10-17-14(18)5-4-11-6-7-16-9-11/h1-3,8,11,16H,4-7,9-10H2,(H,17,18). The molecule has 1 atom stereocenters. The van der Waals surface area contributed by atoms with Crippen molar-refractivity contribution >= 4 is 17.5 Å². The van der Waals surface area contributed by atoms with Crippen molar-refractivity contribution in [3.63, 3.8) is 0 Å². The first kappa shape index (κ1) is 13.4. The van der Waals surface area contributed by atoms with E-state index in [1.54, 1.807) is 0 Å². The summed E-state index contributed by atoms with van der Waals surface area (Å²) < 4.78 is 0. The summed E-state index contributed by atoms with van der Waals surface area (Å²) in [5.74, 6) is 0.795. The Morgan fingerprint density at radius 1 is 1.50 bits per heavy atom. The van der Waals surface area contributed by atoms with Crippen LogP contribution >= 0.6 is 11.6 Å². The molecule has 1 amide bonds. The molecule has 0 radical (unpaired) electrons. The second-order valence-corrected chi connectivity index (χ2v) is 5.24. The number of benzene rings is 1. The van der Waals surface area contributed by atoms with Crippen LogP contribution in [0.1, 0.15) is 24.8 Å². The van der Waals surface area contributed by atoms with E-state index in [0.29, 0.717) is 23.9 Å². The topological polar surface area (TPSA) is 41.1 Å². The summed E-state index contributed by atoms with van der Waals surface area (Å²) in [6, 6.07) is 7.57. The van der Waals surface area contributed by atoms with Crippen LogP contribution in [-0.4, -0.2) is 19.0 Å². The lowest BCUT2D eigenvalue weighted by Crippen LogP contribution is -2.23. The van der Waals surface area contributed by atoms with Gasteiger partial charge in [0.25, 0.3) is 0 Å². The minimum absolute atomic E-state index is 0.127. The van der Waals surface area contributed by atoms with E-state index in [-0.39, 0.29) is 5.91 Å². The Morgan fingerprint density at radius 3 is 3.11 bits per heavy atom. The van der Waals surface area contributed by atoms with Gasteiger partial charge in [-0.15, -0.1) is 0 Å². The summed E-state index contributed by atoms with van der Waals surface area (Å²) in [7, 11) is 0. The largest absolute Gasteiger partial charge is 0.352 e. The summed E-state index contributed by atoms with van der Waals surface area (Å²) >= 11 is 5.89. The fourth-order valence-electron chi connectivity index (χ4n) is 2.23. The Kier molecular flexibility index (Phi) is 5.02. The maximum Gasteiger partial charge on any atom is 0.220 e. The number of amides is 1. The highest BCUT2D eigenvalue weighted by Gasteiger charge is 2.15. The molecule has 1 saturated heterocycles. The maximum atomic E-state index is 11.7. The Morgan fingerprint density at radius 2 is 2.39 bits per heavy atom. The lowest BCUT2D eigenvalue weighted by Gasteiger charge is -2.09. The lowest BCUT2D eigenvalue weighted by atomic mass is 10.0. The highest BCUT2D eigenvalue weighted by Crippen LogP contribution is 2.14. The summed E-state index contributed by atoms with van der Waals surface area (Å²) in [5.41, 5.74) is 1.04. The van der Waals surface area contributed by atoms with Gasteiger partial charge >= 0.3 is 0 Å². The summed E-state index contributed by atoms with van der Waals surface area (Å²) in [4.78, 5) is 11.7. The van der Waals surface area contributed by atoms with Crippen molar-refractivity contribution in [2.75, 3.05) is 13.1 Å². The zero-order valence-electron chi connectivity index (χ0n) is 10.4. The molecular weight excluding hydrogens is 248 g/mol. The molecule has 4 heteroatoms. The van der Waals surface area contributed by atoms with E-state index < -0.39 is 0 Å². The number of hydrogen-bond acceptors (Lipinski definition) is 2. The number of halogens is 1. The predicted molar refractivity (Wildman–Crippen MR) is 73.5 cm³/mol. The molecule has 1 fully saturated rings. The average molecular weight is 267 g/mol. The van der Waals surface area contributed by atoms with Gasteiger partial charge in [-0.05, 0) is 49.5 Å². The summed E-state index contributed by atoms with van der Waals surface area (Å²) in [6.45, 7) is 2.71. The van der Waals surface area contributed by atoms with Gasteiger partial charge in [0.1, 0.15) is 0 Å². The molecule has 18 heavy (non-hydrogen) atoms. The van der Waals surface area contributed by atoms with Crippen LogP contribution in [0.25, 0.3) is 0 Å². The van der Waals surface area contributed by atoms with Crippen LogP contribution in [0, 0.1) is 5.92 Å². The molecule has 1 aliphatic rings. The normalized spacial score (nSPS) is 18.8. The highest BCUT2D eigenvalue weighted by atomic mass is 35.5. The first-order valence-electron chi connectivity index (χ1n) is 6.46. The molecule has 1 aromatic carbocycles. The molecule has 2 rings (SSSR count). The van der Waals surface area contributed by atoms with Crippen molar-refractivity contribution in [2.24, 2.45) is 5.92 Å². The van der Waals surface area contributed by atoms with Crippen molar-refractivity contribution in [1.82, 2.24) is 10.6 Å². The minimum Gasteiger partial charge on any atom is -0.352 e. The van der Waals surface area contributed by atoms with Crippen molar-refractivity contribution in [3.05, 3.63) is 34.9 Å².